The van der Waals surface area contributed by atoms with E-state index in [-0.39, 0.29) is 11.6 Å². The van der Waals surface area contributed by atoms with Gasteiger partial charge in [-0.25, -0.2) is 4.39 Å². The lowest BCUT2D eigenvalue weighted by Gasteiger charge is -2.15. The van der Waals surface area contributed by atoms with E-state index in [9.17, 15) is 9.50 Å². The molecule has 1 saturated carbocycles. The smallest absolute Gasteiger partial charge is 0.145 e. The van der Waals surface area contributed by atoms with Gasteiger partial charge in [-0.3, -0.25) is 0 Å². The lowest BCUT2D eigenvalue weighted by molar-refractivity contribution is 0.0936. The molecule has 3 atom stereocenters. The normalized spacial score (nSPS) is 23.8. The van der Waals surface area contributed by atoms with E-state index in [0.29, 0.717) is 24.1 Å². The second kappa shape index (κ2) is 7.25. The van der Waals surface area contributed by atoms with Gasteiger partial charge in [-0.05, 0) is 50.2 Å². The van der Waals surface area contributed by atoms with Crippen molar-refractivity contribution >= 4 is 11.6 Å². The minimum Gasteiger partial charge on any atom is -0.491 e. The Bertz CT molecular complexity index is 444. The van der Waals surface area contributed by atoms with Crippen molar-refractivity contribution in [3.8, 4) is 5.75 Å². The Morgan fingerprint density at radius 3 is 2.90 bits per heavy atom. The first-order valence-corrected chi connectivity index (χ1v) is 7.44. The molecule has 3 N–H and O–H groups in total. The van der Waals surface area contributed by atoms with Crippen molar-refractivity contribution in [2.75, 3.05) is 6.61 Å². The summed E-state index contributed by atoms with van der Waals surface area (Å²) < 4.78 is 18.6. The van der Waals surface area contributed by atoms with Gasteiger partial charge in [0.2, 0.25) is 0 Å². The molecule has 112 valence electrons. The van der Waals surface area contributed by atoms with Gasteiger partial charge >= 0.3 is 0 Å². The van der Waals surface area contributed by atoms with E-state index >= 15 is 0 Å². The van der Waals surface area contributed by atoms with Gasteiger partial charge in [-0.15, -0.1) is 0 Å². The maximum atomic E-state index is 13.2. The third-order valence-corrected chi connectivity index (χ3v) is 4.13. The molecule has 0 aliphatic heterocycles. The molecule has 0 heterocycles. The summed E-state index contributed by atoms with van der Waals surface area (Å²) in [6, 6.07) is 4.59. The van der Waals surface area contributed by atoms with Crippen LogP contribution in [-0.2, 0) is 0 Å². The van der Waals surface area contributed by atoms with Gasteiger partial charge in [0, 0.05) is 12.1 Å². The molecule has 0 aromatic heterocycles. The van der Waals surface area contributed by atoms with E-state index in [1.54, 1.807) is 6.07 Å². The zero-order chi connectivity index (χ0) is 14.5. The molecule has 5 heteroatoms. The van der Waals surface area contributed by atoms with E-state index in [0.717, 1.165) is 25.7 Å². The van der Waals surface area contributed by atoms with Crippen molar-refractivity contribution in [3.63, 3.8) is 0 Å². The SMILES string of the molecule is N[C@H]1CC[C@@H](CCC(O)COc2ccc(Cl)c(F)c2)C1. The van der Waals surface area contributed by atoms with Crippen LogP contribution in [0.25, 0.3) is 0 Å². The Kier molecular flexibility index (Phi) is 5.64. The van der Waals surface area contributed by atoms with Crippen LogP contribution in [0.5, 0.6) is 5.75 Å². The highest BCUT2D eigenvalue weighted by atomic mass is 35.5. The first kappa shape index (κ1) is 15.5. The predicted molar refractivity (Wildman–Crippen MR) is 77.5 cm³/mol. The fourth-order valence-corrected chi connectivity index (χ4v) is 2.76. The molecule has 1 aliphatic rings. The van der Waals surface area contributed by atoms with Crippen molar-refractivity contribution < 1.29 is 14.2 Å². The van der Waals surface area contributed by atoms with E-state index in [4.69, 9.17) is 22.1 Å². The third-order valence-electron chi connectivity index (χ3n) is 3.82. The fourth-order valence-electron chi connectivity index (χ4n) is 2.65. The molecule has 3 nitrogen and oxygen atoms in total. The van der Waals surface area contributed by atoms with Gasteiger partial charge in [-0.2, -0.15) is 0 Å². The quantitative estimate of drug-likeness (QED) is 0.849. The molecule has 1 unspecified atom stereocenters. The van der Waals surface area contributed by atoms with Crippen LogP contribution in [0.15, 0.2) is 18.2 Å². The van der Waals surface area contributed by atoms with E-state index < -0.39 is 11.9 Å². The van der Waals surface area contributed by atoms with Crippen LogP contribution in [-0.4, -0.2) is 23.9 Å². The summed E-state index contributed by atoms with van der Waals surface area (Å²) in [4.78, 5) is 0. The summed E-state index contributed by atoms with van der Waals surface area (Å²) in [5, 5.41) is 9.95. The molecule has 0 radical (unpaired) electrons. The number of nitrogens with two attached hydrogens (primary N) is 1. The monoisotopic (exact) mass is 301 g/mol. The Hall–Kier alpha value is -0.840. The maximum absolute atomic E-state index is 13.2. The highest BCUT2D eigenvalue weighted by molar-refractivity contribution is 6.30. The second-order valence-corrected chi connectivity index (χ2v) is 5.96. The summed E-state index contributed by atoms with van der Waals surface area (Å²) in [5.41, 5.74) is 5.86. The van der Waals surface area contributed by atoms with Gasteiger partial charge in [0.1, 0.15) is 18.2 Å². The van der Waals surface area contributed by atoms with Crippen LogP contribution in [0.4, 0.5) is 4.39 Å². The molecular weight excluding hydrogens is 281 g/mol. The van der Waals surface area contributed by atoms with Gasteiger partial charge < -0.3 is 15.6 Å². The first-order valence-electron chi connectivity index (χ1n) is 7.06. The first-order chi connectivity index (χ1) is 9.54. The Labute approximate surface area is 123 Å². The number of halogens is 2. The summed E-state index contributed by atoms with van der Waals surface area (Å²) in [5.74, 6) is 0.486. The number of benzene rings is 1. The van der Waals surface area contributed by atoms with E-state index in [1.165, 1.54) is 12.1 Å². The van der Waals surface area contributed by atoms with Crippen LogP contribution in [0, 0.1) is 11.7 Å². The summed E-state index contributed by atoms with van der Waals surface area (Å²) in [7, 11) is 0. The summed E-state index contributed by atoms with van der Waals surface area (Å²) >= 11 is 5.59. The highest BCUT2D eigenvalue weighted by Gasteiger charge is 2.22. The standard InChI is InChI=1S/C15H21ClFNO2/c16-14-6-5-13(8-15(14)17)20-9-12(19)4-2-10-1-3-11(18)7-10/h5-6,8,10-12,19H,1-4,7,9,18H2/t10-,11-,12?/m0/s1. The molecule has 0 saturated heterocycles. The highest BCUT2D eigenvalue weighted by Crippen LogP contribution is 2.28. The lowest BCUT2D eigenvalue weighted by Crippen LogP contribution is -2.19. The van der Waals surface area contributed by atoms with Gasteiger partial charge in [0.25, 0.3) is 0 Å². The molecule has 1 aliphatic carbocycles. The molecule has 1 fully saturated rings. The van der Waals surface area contributed by atoms with Crippen LogP contribution in [0.2, 0.25) is 5.02 Å². The summed E-state index contributed by atoms with van der Waals surface area (Å²) in [6.07, 6.45) is 4.40. The summed E-state index contributed by atoms with van der Waals surface area (Å²) in [6.45, 7) is 0.167. The van der Waals surface area contributed by atoms with Crippen molar-refractivity contribution in [1.82, 2.24) is 0 Å². The minimum atomic E-state index is -0.537. The van der Waals surface area contributed by atoms with Crippen molar-refractivity contribution in [2.24, 2.45) is 11.7 Å². The number of rotatable bonds is 6. The average molecular weight is 302 g/mol. The van der Waals surface area contributed by atoms with Gasteiger partial charge in [0.15, 0.2) is 0 Å². The number of aliphatic hydroxyl groups excluding tert-OH is 1. The minimum absolute atomic E-state index is 0.0653. The van der Waals surface area contributed by atoms with E-state index in [2.05, 4.69) is 0 Å². The van der Waals surface area contributed by atoms with Crippen molar-refractivity contribution in [1.29, 1.82) is 0 Å². The number of ether oxygens (including phenoxy) is 1. The topological polar surface area (TPSA) is 55.5 Å². The molecular formula is C15H21ClFNO2. The average Bonchev–Trinajstić information content (AvgIpc) is 2.83. The Morgan fingerprint density at radius 1 is 1.45 bits per heavy atom. The second-order valence-electron chi connectivity index (χ2n) is 5.56. The fraction of sp³-hybridized carbons (Fsp3) is 0.600. The molecule has 0 spiro atoms. The van der Waals surface area contributed by atoms with Crippen molar-refractivity contribution in [2.45, 2.75) is 44.2 Å². The van der Waals surface area contributed by atoms with Crippen LogP contribution in [0.3, 0.4) is 0 Å². The van der Waals surface area contributed by atoms with E-state index in [1.807, 2.05) is 0 Å². The molecule has 20 heavy (non-hydrogen) atoms. The number of aliphatic hydroxyl groups is 1. The number of hydrogen-bond donors (Lipinski definition) is 2. The van der Waals surface area contributed by atoms with Crippen LogP contribution in [0.1, 0.15) is 32.1 Å². The molecule has 1 aromatic carbocycles. The Balaban J connectivity index is 1.69. The molecule has 0 amide bonds. The Morgan fingerprint density at radius 2 is 2.25 bits per heavy atom. The zero-order valence-electron chi connectivity index (χ0n) is 11.4. The molecule has 1 aromatic rings. The van der Waals surface area contributed by atoms with Crippen LogP contribution < -0.4 is 10.5 Å². The van der Waals surface area contributed by atoms with Crippen LogP contribution >= 0.6 is 11.6 Å². The molecule has 2 rings (SSSR count). The number of hydrogen-bond acceptors (Lipinski definition) is 3. The molecule has 0 bridgehead atoms. The predicted octanol–water partition coefficient (Wildman–Crippen LogP) is 3.13. The van der Waals surface area contributed by atoms with Gasteiger partial charge in [-0.1, -0.05) is 11.6 Å². The van der Waals surface area contributed by atoms with Gasteiger partial charge in [0.05, 0.1) is 11.1 Å². The third kappa shape index (κ3) is 4.62. The zero-order valence-corrected chi connectivity index (χ0v) is 12.2. The maximum Gasteiger partial charge on any atom is 0.145 e. The lowest BCUT2D eigenvalue weighted by atomic mass is 9.99. The largest absolute Gasteiger partial charge is 0.491 e. The van der Waals surface area contributed by atoms with Crippen molar-refractivity contribution in [3.05, 3.63) is 29.0 Å².